The Balaban J connectivity index is -0.000000109. The molecule has 56 valence electrons. The minimum Gasteiger partial charge on any atom is -0.346 e. The summed E-state index contributed by atoms with van der Waals surface area (Å²) in [5, 5.41) is 0. The van der Waals surface area contributed by atoms with Crippen LogP contribution in [0.25, 0.3) is 0 Å². The van der Waals surface area contributed by atoms with Crippen LogP contribution in [-0.2, 0) is 21.1 Å². The molecular formula is C8H18W. The molecule has 0 saturated carbocycles. The molecule has 0 N–H and O–H groups in total. The van der Waals surface area contributed by atoms with Crippen LogP contribution in [0.3, 0.4) is 0 Å². The van der Waals surface area contributed by atoms with E-state index in [0.29, 0.717) is 5.41 Å². The Bertz CT molecular complexity index is 34.3. The second kappa shape index (κ2) is 8.69. The maximum Gasteiger partial charge on any atom is 2.00 e. The van der Waals surface area contributed by atoms with Crippen molar-refractivity contribution < 1.29 is 21.1 Å². The molecule has 0 heterocycles. The molecular weight excluding hydrogens is 280 g/mol. The smallest absolute Gasteiger partial charge is 0.346 e. The van der Waals surface area contributed by atoms with Crippen molar-refractivity contribution in [2.45, 2.75) is 34.1 Å². The summed E-state index contributed by atoms with van der Waals surface area (Å²) in [5.74, 6) is 0. The van der Waals surface area contributed by atoms with Crippen LogP contribution in [0.4, 0.5) is 0 Å². The van der Waals surface area contributed by atoms with Crippen LogP contribution in [0.15, 0.2) is 0 Å². The Morgan fingerprint density at radius 3 is 1.22 bits per heavy atom. The summed E-state index contributed by atoms with van der Waals surface area (Å²) in [7, 11) is 0. The molecule has 0 rings (SSSR count). The molecule has 0 aromatic heterocycles. The van der Waals surface area contributed by atoms with E-state index in [1.807, 2.05) is 0 Å². The maximum atomic E-state index is 3.76. The molecule has 0 fully saturated rings. The van der Waals surface area contributed by atoms with Crippen molar-refractivity contribution in [3.8, 4) is 0 Å². The van der Waals surface area contributed by atoms with Gasteiger partial charge in [0.1, 0.15) is 0 Å². The van der Waals surface area contributed by atoms with Gasteiger partial charge < -0.3 is 13.8 Å². The molecule has 0 aliphatic carbocycles. The minimum absolute atomic E-state index is 0. The van der Waals surface area contributed by atoms with Gasteiger partial charge in [0, 0.05) is 0 Å². The Kier molecular flexibility index (Phi) is 15.8. The third-order valence-corrected chi connectivity index (χ3v) is 0.750. The van der Waals surface area contributed by atoms with E-state index in [0.717, 1.165) is 6.42 Å². The van der Waals surface area contributed by atoms with Crippen molar-refractivity contribution in [2.75, 3.05) is 0 Å². The van der Waals surface area contributed by atoms with Gasteiger partial charge in [-0.1, -0.05) is 26.2 Å². The van der Waals surface area contributed by atoms with E-state index < -0.39 is 0 Å². The predicted molar refractivity (Wildman–Crippen MR) is 40.5 cm³/mol. The van der Waals surface area contributed by atoms with Crippen molar-refractivity contribution >= 4 is 0 Å². The summed E-state index contributed by atoms with van der Waals surface area (Å²) >= 11 is 0. The zero-order valence-corrected chi connectivity index (χ0v) is 9.96. The minimum atomic E-state index is 0. The van der Waals surface area contributed by atoms with Gasteiger partial charge in [-0.15, -0.1) is 0 Å². The van der Waals surface area contributed by atoms with Crippen LogP contribution >= 0.6 is 0 Å². The zero-order valence-electron chi connectivity index (χ0n) is 7.03. The van der Waals surface area contributed by atoms with Crippen molar-refractivity contribution in [1.82, 2.24) is 0 Å². The molecule has 0 radical (unpaired) electrons. The SMILES string of the molecule is [CH2-]C.[CH2-]CC(C)(C)C.[W+2]. The Morgan fingerprint density at radius 2 is 1.22 bits per heavy atom. The first-order valence-corrected chi connectivity index (χ1v) is 3.06. The van der Waals surface area contributed by atoms with Gasteiger partial charge in [0.25, 0.3) is 0 Å². The van der Waals surface area contributed by atoms with E-state index in [1.54, 1.807) is 6.92 Å². The monoisotopic (exact) mass is 298 g/mol. The average Bonchev–Trinajstić information content (AvgIpc) is 1.71. The van der Waals surface area contributed by atoms with Gasteiger partial charge in [-0.3, -0.25) is 0 Å². The van der Waals surface area contributed by atoms with E-state index in [4.69, 9.17) is 0 Å². The third kappa shape index (κ3) is 28.6. The number of rotatable bonds is 0. The van der Waals surface area contributed by atoms with Crippen LogP contribution in [0.2, 0.25) is 0 Å². The van der Waals surface area contributed by atoms with Crippen LogP contribution in [0.1, 0.15) is 34.1 Å². The third-order valence-electron chi connectivity index (χ3n) is 0.750. The quantitative estimate of drug-likeness (QED) is 0.603. The average molecular weight is 298 g/mol. The molecule has 0 aliphatic rings. The molecule has 0 bridgehead atoms. The zero-order chi connectivity index (χ0) is 7.21. The molecule has 0 unspecified atom stereocenters. The van der Waals surface area contributed by atoms with Crippen molar-refractivity contribution in [2.24, 2.45) is 5.41 Å². The summed E-state index contributed by atoms with van der Waals surface area (Å²) in [6, 6.07) is 0. The normalized spacial score (nSPS) is 8.67. The van der Waals surface area contributed by atoms with E-state index in [9.17, 15) is 0 Å². The summed E-state index contributed by atoms with van der Waals surface area (Å²) in [6.07, 6.45) is 1.02. The molecule has 9 heavy (non-hydrogen) atoms. The summed E-state index contributed by atoms with van der Waals surface area (Å²) in [5.41, 5.74) is 0.431. The fourth-order valence-corrected chi connectivity index (χ4v) is 0. The summed E-state index contributed by atoms with van der Waals surface area (Å²) in [4.78, 5) is 0. The van der Waals surface area contributed by atoms with Gasteiger partial charge in [0.15, 0.2) is 0 Å². The van der Waals surface area contributed by atoms with Gasteiger partial charge in [0.05, 0.1) is 0 Å². The molecule has 0 aromatic carbocycles. The summed E-state index contributed by atoms with van der Waals surface area (Å²) in [6.45, 7) is 15.3. The van der Waals surface area contributed by atoms with E-state index in [-0.39, 0.29) is 21.1 Å². The first-order chi connectivity index (χ1) is 3.56. The molecule has 0 aliphatic heterocycles. The number of hydrogen-bond acceptors (Lipinski definition) is 0. The Labute approximate surface area is 74.7 Å². The fraction of sp³-hybridized carbons (Fsp3) is 0.750. The standard InChI is InChI=1S/C6H13.C2H5.W/c1-5-6(2,3)4;1-2;/h1,5H2,2-4H3;1H2,2H3;/q2*-1;+2. The molecule has 0 atom stereocenters. The van der Waals surface area contributed by atoms with Crippen LogP contribution in [-0.4, -0.2) is 0 Å². The largest absolute Gasteiger partial charge is 2.00 e. The van der Waals surface area contributed by atoms with Crippen LogP contribution in [0, 0.1) is 19.3 Å². The molecule has 0 saturated heterocycles. The van der Waals surface area contributed by atoms with E-state index >= 15 is 0 Å². The number of hydrogen-bond donors (Lipinski definition) is 0. The van der Waals surface area contributed by atoms with Crippen molar-refractivity contribution in [3.05, 3.63) is 13.8 Å². The van der Waals surface area contributed by atoms with Crippen LogP contribution in [0.5, 0.6) is 0 Å². The predicted octanol–water partition coefficient (Wildman–Crippen LogP) is 3.09. The fourth-order valence-electron chi connectivity index (χ4n) is 0. The summed E-state index contributed by atoms with van der Waals surface area (Å²) < 4.78 is 0. The van der Waals surface area contributed by atoms with Crippen molar-refractivity contribution in [3.63, 3.8) is 0 Å². The molecule has 0 aromatic rings. The first-order valence-electron chi connectivity index (χ1n) is 3.06. The topological polar surface area (TPSA) is 0 Å². The molecule has 0 spiro atoms. The van der Waals surface area contributed by atoms with E-state index in [1.165, 1.54) is 0 Å². The molecule has 0 nitrogen and oxygen atoms in total. The van der Waals surface area contributed by atoms with E-state index in [2.05, 4.69) is 34.6 Å². The first kappa shape index (κ1) is 16.3. The molecule has 0 amide bonds. The Hall–Kier alpha value is 0.688. The van der Waals surface area contributed by atoms with Gasteiger partial charge >= 0.3 is 21.1 Å². The maximum absolute atomic E-state index is 3.76. The van der Waals surface area contributed by atoms with Crippen LogP contribution < -0.4 is 0 Å². The Morgan fingerprint density at radius 1 is 1.11 bits per heavy atom. The van der Waals surface area contributed by atoms with Gasteiger partial charge in [-0.2, -0.15) is 13.3 Å². The molecule has 1 heteroatoms. The van der Waals surface area contributed by atoms with Gasteiger partial charge in [0.2, 0.25) is 0 Å². The van der Waals surface area contributed by atoms with Gasteiger partial charge in [-0.25, -0.2) is 0 Å². The second-order valence-electron chi connectivity index (χ2n) is 2.81. The second-order valence-corrected chi connectivity index (χ2v) is 2.81. The van der Waals surface area contributed by atoms with Crippen molar-refractivity contribution in [1.29, 1.82) is 0 Å². The van der Waals surface area contributed by atoms with Gasteiger partial charge in [-0.05, 0) is 0 Å².